The predicted molar refractivity (Wildman–Crippen MR) is 47.1 cm³/mol. The predicted octanol–water partition coefficient (Wildman–Crippen LogP) is 1.58. The molecule has 0 aromatic rings. The van der Waals surface area contributed by atoms with Crippen molar-refractivity contribution < 1.29 is 9.59 Å². The van der Waals surface area contributed by atoms with Gasteiger partial charge in [-0.05, 0) is 25.7 Å². The summed E-state index contributed by atoms with van der Waals surface area (Å²) in [6.07, 6.45) is 5.13. The van der Waals surface area contributed by atoms with Gasteiger partial charge in [-0.1, -0.05) is 6.42 Å². The van der Waals surface area contributed by atoms with Crippen molar-refractivity contribution in [3.05, 3.63) is 0 Å². The lowest BCUT2D eigenvalue weighted by Gasteiger charge is -2.37. The van der Waals surface area contributed by atoms with Crippen LogP contribution in [0.3, 0.4) is 0 Å². The summed E-state index contributed by atoms with van der Waals surface area (Å²) in [4.78, 5) is 23.7. The molecule has 70 valence electrons. The lowest BCUT2D eigenvalue weighted by Crippen LogP contribution is -2.45. The van der Waals surface area contributed by atoms with Crippen molar-refractivity contribution in [2.24, 2.45) is 23.7 Å². The Bertz CT molecular complexity index is 258. The molecule has 2 heteroatoms. The summed E-state index contributed by atoms with van der Waals surface area (Å²) >= 11 is 0. The van der Waals surface area contributed by atoms with Gasteiger partial charge in [-0.3, -0.25) is 9.59 Å². The molecule has 0 aromatic carbocycles. The van der Waals surface area contributed by atoms with E-state index < -0.39 is 0 Å². The first kappa shape index (κ1) is 7.72. The quantitative estimate of drug-likeness (QED) is 0.564. The van der Waals surface area contributed by atoms with Gasteiger partial charge in [0.15, 0.2) is 0 Å². The van der Waals surface area contributed by atoms with Gasteiger partial charge >= 0.3 is 0 Å². The second-order valence-electron chi connectivity index (χ2n) is 4.74. The van der Waals surface area contributed by atoms with Crippen LogP contribution in [0.5, 0.6) is 0 Å². The number of carbonyl (C=O) groups is 2. The maximum absolute atomic E-state index is 11.9. The standard InChI is InChI=1S/C11H14O2/c12-10-6-2-1-3-7(10)9-5-4-8(6)11(9)13/h6-9H,1-5H2/t6-,7+,8-,9+. The maximum Gasteiger partial charge on any atom is 0.140 e. The molecule has 0 heterocycles. The number of fused-ring (bicyclic) bond motifs is 6. The largest absolute Gasteiger partial charge is 0.299 e. The third-order valence-corrected chi connectivity index (χ3v) is 4.25. The zero-order valence-electron chi connectivity index (χ0n) is 7.66. The molecule has 3 fully saturated rings. The van der Waals surface area contributed by atoms with E-state index >= 15 is 0 Å². The minimum absolute atomic E-state index is 0.130. The van der Waals surface area contributed by atoms with Crippen LogP contribution in [0.1, 0.15) is 32.1 Å². The first-order valence-electron chi connectivity index (χ1n) is 5.36. The molecule has 0 aromatic heterocycles. The number of carbonyl (C=O) groups excluding carboxylic acids is 2. The van der Waals surface area contributed by atoms with Crippen molar-refractivity contribution in [3.8, 4) is 0 Å². The average Bonchev–Trinajstić information content (AvgIpc) is 2.46. The van der Waals surface area contributed by atoms with Gasteiger partial charge < -0.3 is 0 Å². The van der Waals surface area contributed by atoms with Gasteiger partial charge in [-0.25, -0.2) is 0 Å². The topological polar surface area (TPSA) is 34.1 Å². The summed E-state index contributed by atoms with van der Waals surface area (Å²) in [5, 5.41) is 0. The molecular formula is C11H14O2. The molecule has 3 saturated carbocycles. The van der Waals surface area contributed by atoms with Crippen LogP contribution in [0.15, 0.2) is 0 Å². The highest BCUT2D eigenvalue weighted by Crippen LogP contribution is 2.49. The third kappa shape index (κ3) is 0.839. The van der Waals surface area contributed by atoms with Crippen LogP contribution in [-0.4, -0.2) is 11.6 Å². The minimum Gasteiger partial charge on any atom is -0.299 e. The monoisotopic (exact) mass is 178 g/mol. The second-order valence-corrected chi connectivity index (χ2v) is 4.74. The van der Waals surface area contributed by atoms with Crippen LogP contribution in [0.2, 0.25) is 0 Å². The molecule has 0 N–H and O–H groups in total. The van der Waals surface area contributed by atoms with Crippen LogP contribution in [0.4, 0.5) is 0 Å². The number of hydrogen-bond acceptors (Lipinski definition) is 2. The highest BCUT2D eigenvalue weighted by atomic mass is 16.1. The molecule has 0 saturated heterocycles. The van der Waals surface area contributed by atoms with Gasteiger partial charge in [-0.2, -0.15) is 0 Å². The van der Waals surface area contributed by atoms with Crippen molar-refractivity contribution in [2.45, 2.75) is 32.1 Å². The summed E-state index contributed by atoms with van der Waals surface area (Å²) in [5.74, 6) is 1.38. The van der Waals surface area contributed by atoms with Crippen LogP contribution >= 0.6 is 0 Å². The fraction of sp³-hybridized carbons (Fsp3) is 0.818. The first-order valence-corrected chi connectivity index (χ1v) is 5.36. The highest BCUT2D eigenvalue weighted by molar-refractivity contribution is 6.01. The minimum atomic E-state index is 0.130. The SMILES string of the molecule is O=C1[C@H]2CCC[C@@H]1[C@H]1CC[C@@H]2C1=O. The fourth-order valence-electron chi connectivity index (χ4n) is 3.63. The van der Waals surface area contributed by atoms with Crippen LogP contribution in [0.25, 0.3) is 0 Å². The zero-order chi connectivity index (χ0) is 9.00. The lowest BCUT2D eigenvalue weighted by molar-refractivity contribution is -0.146. The van der Waals surface area contributed by atoms with Crippen LogP contribution < -0.4 is 0 Å². The second kappa shape index (κ2) is 2.43. The van der Waals surface area contributed by atoms with Crippen LogP contribution in [0, 0.1) is 23.7 Å². The molecule has 3 aliphatic carbocycles. The van der Waals surface area contributed by atoms with E-state index in [4.69, 9.17) is 0 Å². The Morgan fingerprint density at radius 3 is 1.54 bits per heavy atom. The Labute approximate surface area is 77.7 Å². The summed E-state index contributed by atoms with van der Waals surface area (Å²) in [5.41, 5.74) is 0. The third-order valence-electron chi connectivity index (χ3n) is 4.25. The Morgan fingerprint density at radius 2 is 1.08 bits per heavy atom. The molecular weight excluding hydrogens is 164 g/mol. The van der Waals surface area contributed by atoms with E-state index in [1.165, 1.54) is 6.42 Å². The van der Waals surface area contributed by atoms with E-state index in [9.17, 15) is 9.59 Å². The van der Waals surface area contributed by atoms with Crippen molar-refractivity contribution in [3.63, 3.8) is 0 Å². The highest BCUT2D eigenvalue weighted by Gasteiger charge is 2.54. The van der Waals surface area contributed by atoms with E-state index in [1.54, 1.807) is 0 Å². The van der Waals surface area contributed by atoms with E-state index in [0.717, 1.165) is 25.7 Å². The van der Waals surface area contributed by atoms with Crippen molar-refractivity contribution >= 4 is 11.6 Å². The molecule has 0 spiro atoms. The molecule has 0 aliphatic heterocycles. The molecule has 2 nitrogen and oxygen atoms in total. The van der Waals surface area contributed by atoms with E-state index in [2.05, 4.69) is 0 Å². The van der Waals surface area contributed by atoms with Crippen molar-refractivity contribution in [1.82, 2.24) is 0 Å². The van der Waals surface area contributed by atoms with Crippen LogP contribution in [-0.2, 0) is 9.59 Å². The van der Waals surface area contributed by atoms with E-state index in [-0.39, 0.29) is 23.7 Å². The number of rotatable bonds is 0. The summed E-state index contributed by atoms with van der Waals surface area (Å²) in [7, 11) is 0. The van der Waals surface area contributed by atoms with Gasteiger partial charge in [0, 0.05) is 23.7 Å². The average molecular weight is 178 g/mol. The molecule has 13 heavy (non-hydrogen) atoms. The molecule has 3 rings (SSSR count). The van der Waals surface area contributed by atoms with Gasteiger partial charge in [0.1, 0.15) is 11.6 Å². The summed E-state index contributed by atoms with van der Waals surface area (Å²) in [6, 6.07) is 0. The zero-order valence-corrected chi connectivity index (χ0v) is 7.66. The number of ketones is 2. The molecule has 4 bridgehead atoms. The summed E-state index contributed by atoms with van der Waals surface area (Å²) in [6.45, 7) is 0. The Hall–Kier alpha value is -0.660. The van der Waals surface area contributed by atoms with Gasteiger partial charge in [0.2, 0.25) is 0 Å². The molecule has 3 aliphatic rings. The number of hydrogen-bond donors (Lipinski definition) is 0. The normalized spacial score (nSPS) is 48.3. The molecule has 4 atom stereocenters. The Kier molecular flexibility index (Phi) is 1.44. The van der Waals surface area contributed by atoms with Gasteiger partial charge in [0.05, 0.1) is 0 Å². The van der Waals surface area contributed by atoms with Gasteiger partial charge in [-0.15, -0.1) is 0 Å². The molecule has 0 unspecified atom stereocenters. The first-order chi connectivity index (χ1) is 6.29. The maximum atomic E-state index is 11.9. The Morgan fingerprint density at radius 1 is 0.692 bits per heavy atom. The van der Waals surface area contributed by atoms with Gasteiger partial charge in [0.25, 0.3) is 0 Å². The Balaban J connectivity index is 2.05. The lowest BCUT2D eigenvalue weighted by atomic mass is 9.65. The molecule has 0 radical (unpaired) electrons. The number of Topliss-reactive ketones (excluding diaryl/α,β-unsaturated/α-hetero) is 2. The van der Waals surface area contributed by atoms with E-state index in [0.29, 0.717) is 11.6 Å². The van der Waals surface area contributed by atoms with Crippen molar-refractivity contribution in [1.29, 1.82) is 0 Å². The van der Waals surface area contributed by atoms with E-state index in [1.807, 2.05) is 0 Å². The molecule has 0 amide bonds. The fourth-order valence-corrected chi connectivity index (χ4v) is 3.63. The smallest absolute Gasteiger partial charge is 0.140 e. The summed E-state index contributed by atoms with van der Waals surface area (Å²) < 4.78 is 0. The van der Waals surface area contributed by atoms with Crippen molar-refractivity contribution in [2.75, 3.05) is 0 Å².